The van der Waals surface area contributed by atoms with Gasteiger partial charge in [-0.05, 0) is 49.9 Å². The van der Waals surface area contributed by atoms with Crippen molar-refractivity contribution in [3.63, 3.8) is 0 Å². The summed E-state index contributed by atoms with van der Waals surface area (Å²) in [5, 5.41) is 3.59. The van der Waals surface area contributed by atoms with E-state index in [1.807, 2.05) is 6.07 Å². The highest BCUT2D eigenvalue weighted by Crippen LogP contribution is 2.18. The van der Waals surface area contributed by atoms with Crippen LogP contribution in [0.4, 0.5) is 0 Å². The standard InChI is InChI=1S/C14H21NO/c1-16-14-9-2-5-12(11-14)6-4-10-15-13-7-3-8-13/h2,5,9,11,13,15H,3-4,6-8,10H2,1H3. The summed E-state index contributed by atoms with van der Waals surface area (Å²) in [5.41, 5.74) is 1.37. The molecule has 0 unspecified atom stereocenters. The summed E-state index contributed by atoms with van der Waals surface area (Å²) in [6.07, 6.45) is 6.51. The molecule has 2 nitrogen and oxygen atoms in total. The maximum absolute atomic E-state index is 5.21. The van der Waals surface area contributed by atoms with Gasteiger partial charge in [-0.25, -0.2) is 0 Å². The molecule has 0 aliphatic heterocycles. The van der Waals surface area contributed by atoms with Gasteiger partial charge < -0.3 is 10.1 Å². The van der Waals surface area contributed by atoms with Crippen LogP contribution in [-0.4, -0.2) is 19.7 Å². The molecule has 88 valence electrons. The molecule has 16 heavy (non-hydrogen) atoms. The van der Waals surface area contributed by atoms with Gasteiger partial charge in [-0.1, -0.05) is 18.6 Å². The Morgan fingerprint density at radius 3 is 2.94 bits per heavy atom. The molecular formula is C14H21NO. The van der Waals surface area contributed by atoms with Gasteiger partial charge in [0.05, 0.1) is 7.11 Å². The zero-order valence-electron chi connectivity index (χ0n) is 10.0. The van der Waals surface area contributed by atoms with Crippen LogP contribution in [0, 0.1) is 0 Å². The monoisotopic (exact) mass is 219 g/mol. The quantitative estimate of drug-likeness (QED) is 0.743. The van der Waals surface area contributed by atoms with Crippen molar-refractivity contribution < 1.29 is 4.74 Å². The fourth-order valence-electron chi connectivity index (χ4n) is 2.04. The normalized spacial score (nSPS) is 15.8. The number of nitrogens with one attached hydrogen (secondary N) is 1. The molecule has 1 aromatic carbocycles. The summed E-state index contributed by atoms with van der Waals surface area (Å²) >= 11 is 0. The molecule has 0 heterocycles. The molecule has 0 aromatic heterocycles. The summed E-state index contributed by atoms with van der Waals surface area (Å²) < 4.78 is 5.21. The van der Waals surface area contributed by atoms with Crippen molar-refractivity contribution >= 4 is 0 Å². The molecule has 0 radical (unpaired) electrons. The van der Waals surface area contributed by atoms with E-state index in [9.17, 15) is 0 Å². The topological polar surface area (TPSA) is 21.3 Å². The summed E-state index contributed by atoms with van der Waals surface area (Å²) in [6, 6.07) is 9.17. The Morgan fingerprint density at radius 1 is 1.38 bits per heavy atom. The zero-order valence-corrected chi connectivity index (χ0v) is 10.0. The lowest BCUT2D eigenvalue weighted by Crippen LogP contribution is -2.35. The highest BCUT2D eigenvalue weighted by molar-refractivity contribution is 5.28. The van der Waals surface area contributed by atoms with Crippen LogP contribution in [0.1, 0.15) is 31.2 Å². The SMILES string of the molecule is COc1cccc(CCCNC2CCC2)c1. The smallest absolute Gasteiger partial charge is 0.119 e. The number of rotatable bonds is 6. The lowest BCUT2D eigenvalue weighted by Gasteiger charge is -2.26. The second-order valence-electron chi connectivity index (χ2n) is 4.54. The van der Waals surface area contributed by atoms with Crippen LogP contribution < -0.4 is 10.1 Å². The lowest BCUT2D eigenvalue weighted by atomic mass is 9.93. The van der Waals surface area contributed by atoms with Crippen molar-refractivity contribution in [3.8, 4) is 5.75 Å². The van der Waals surface area contributed by atoms with Crippen LogP contribution in [0.15, 0.2) is 24.3 Å². The van der Waals surface area contributed by atoms with Gasteiger partial charge in [0.15, 0.2) is 0 Å². The van der Waals surface area contributed by atoms with Gasteiger partial charge in [0, 0.05) is 6.04 Å². The maximum Gasteiger partial charge on any atom is 0.119 e. The molecule has 1 aliphatic carbocycles. The fourth-order valence-corrected chi connectivity index (χ4v) is 2.04. The van der Waals surface area contributed by atoms with Gasteiger partial charge in [-0.15, -0.1) is 0 Å². The van der Waals surface area contributed by atoms with E-state index >= 15 is 0 Å². The first-order valence-electron chi connectivity index (χ1n) is 6.25. The Hall–Kier alpha value is -1.02. The highest BCUT2D eigenvalue weighted by Gasteiger charge is 2.15. The second kappa shape index (κ2) is 5.90. The van der Waals surface area contributed by atoms with Gasteiger partial charge in [-0.2, -0.15) is 0 Å². The van der Waals surface area contributed by atoms with E-state index < -0.39 is 0 Å². The Labute approximate surface area is 98.0 Å². The molecule has 2 heteroatoms. The Bertz CT molecular complexity index is 320. The average Bonchev–Trinajstić information content (AvgIpc) is 2.27. The van der Waals surface area contributed by atoms with Crippen LogP contribution in [0.2, 0.25) is 0 Å². The number of benzene rings is 1. The zero-order chi connectivity index (χ0) is 11.2. The van der Waals surface area contributed by atoms with Gasteiger partial charge in [0.25, 0.3) is 0 Å². The Morgan fingerprint density at radius 2 is 2.25 bits per heavy atom. The summed E-state index contributed by atoms with van der Waals surface area (Å²) in [5.74, 6) is 0.962. The molecule has 0 saturated heterocycles. The summed E-state index contributed by atoms with van der Waals surface area (Å²) in [4.78, 5) is 0. The van der Waals surface area contributed by atoms with Gasteiger partial charge in [0.2, 0.25) is 0 Å². The molecule has 1 N–H and O–H groups in total. The van der Waals surface area contributed by atoms with Crippen molar-refractivity contribution in [1.29, 1.82) is 0 Å². The van der Waals surface area contributed by atoms with Crippen molar-refractivity contribution in [1.82, 2.24) is 5.32 Å². The number of methoxy groups -OCH3 is 1. The largest absolute Gasteiger partial charge is 0.497 e. The van der Waals surface area contributed by atoms with Crippen LogP contribution in [0.25, 0.3) is 0 Å². The highest BCUT2D eigenvalue weighted by atomic mass is 16.5. The van der Waals surface area contributed by atoms with Gasteiger partial charge in [-0.3, -0.25) is 0 Å². The van der Waals surface area contributed by atoms with Crippen LogP contribution in [0.5, 0.6) is 5.75 Å². The third kappa shape index (κ3) is 3.24. The van der Waals surface area contributed by atoms with E-state index in [4.69, 9.17) is 4.74 Å². The predicted molar refractivity (Wildman–Crippen MR) is 67.0 cm³/mol. The first-order valence-corrected chi connectivity index (χ1v) is 6.25. The van der Waals surface area contributed by atoms with Gasteiger partial charge >= 0.3 is 0 Å². The maximum atomic E-state index is 5.21. The molecule has 0 atom stereocenters. The molecule has 1 fully saturated rings. The van der Waals surface area contributed by atoms with E-state index in [0.29, 0.717) is 0 Å². The molecule has 1 aromatic rings. The molecule has 1 aliphatic rings. The third-order valence-electron chi connectivity index (χ3n) is 3.31. The van der Waals surface area contributed by atoms with Crippen molar-refractivity contribution in [3.05, 3.63) is 29.8 Å². The summed E-state index contributed by atoms with van der Waals surface area (Å²) in [6.45, 7) is 1.14. The van der Waals surface area contributed by atoms with E-state index in [2.05, 4.69) is 23.5 Å². The average molecular weight is 219 g/mol. The second-order valence-corrected chi connectivity index (χ2v) is 4.54. The minimum Gasteiger partial charge on any atom is -0.497 e. The molecule has 1 saturated carbocycles. The summed E-state index contributed by atoms with van der Waals surface area (Å²) in [7, 11) is 1.72. The fraction of sp³-hybridized carbons (Fsp3) is 0.571. The molecule has 0 amide bonds. The van der Waals surface area contributed by atoms with E-state index in [1.165, 1.54) is 31.2 Å². The molecular weight excluding hydrogens is 198 g/mol. The minimum atomic E-state index is 0.810. The van der Waals surface area contributed by atoms with Crippen LogP contribution in [0.3, 0.4) is 0 Å². The first-order chi connectivity index (χ1) is 7.88. The van der Waals surface area contributed by atoms with E-state index in [1.54, 1.807) is 7.11 Å². The van der Waals surface area contributed by atoms with E-state index in [-0.39, 0.29) is 0 Å². The lowest BCUT2D eigenvalue weighted by molar-refractivity contribution is 0.339. The number of hydrogen-bond acceptors (Lipinski definition) is 2. The van der Waals surface area contributed by atoms with Crippen molar-refractivity contribution in [2.45, 2.75) is 38.1 Å². The predicted octanol–water partition coefficient (Wildman–Crippen LogP) is 2.77. The van der Waals surface area contributed by atoms with Crippen molar-refractivity contribution in [2.24, 2.45) is 0 Å². The van der Waals surface area contributed by atoms with Gasteiger partial charge in [0.1, 0.15) is 5.75 Å². The number of ether oxygens (including phenoxy) is 1. The molecule has 0 spiro atoms. The number of hydrogen-bond donors (Lipinski definition) is 1. The van der Waals surface area contributed by atoms with Crippen molar-refractivity contribution in [2.75, 3.05) is 13.7 Å². The van der Waals surface area contributed by atoms with E-state index in [0.717, 1.165) is 24.8 Å². The Kier molecular flexibility index (Phi) is 4.23. The minimum absolute atomic E-state index is 0.810. The van der Waals surface area contributed by atoms with Crippen LogP contribution >= 0.6 is 0 Å². The first kappa shape index (κ1) is 11.5. The molecule has 0 bridgehead atoms. The van der Waals surface area contributed by atoms with Crippen LogP contribution in [-0.2, 0) is 6.42 Å². The third-order valence-corrected chi connectivity index (χ3v) is 3.31. The Balaban J connectivity index is 1.67. The number of aryl methyl sites for hydroxylation is 1. The molecule has 2 rings (SSSR count).